The van der Waals surface area contributed by atoms with Gasteiger partial charge in [0.15, 0.2) is 6.10 Å². The molecule has 0 aromatic heterocycles. The zero-order chi connectivity index (χ0) is 59.9. The lowest BCUT2D eigenvalue weighted by molar-refractivity contribution is -0.167. The zero-order valence-electron chi connectivity index (χ0n) is 55.5. The molecule has 1 unspecified atom stereocenters. The van der Waals surface area contributed by atoms with E-state index in [1.54, 1.807) is 0 Å². The van der Waals surface area contributed by atoms with E-state index in [0.29, 0.717) is 19.3 Å². The first kappa shape index (κ1) is 79.8. The smallest absolute Gasteiger partial charge is 0.306 e. The lowest BCUT2D eigenvalue weighted by Gasteiger charge is -2.18. The molecule has 6 heteroatoms. The number of allylic oxidation sites excluding steroid dienone is 12. The number of rotatable bonds is 67. The summed E-state index contributed by atoms with van der Waals surface area (Å²) in [6, 6.07) is 0. The van der Waals surface area contributed by atoms with Gasteiger partial charge in [-0.05, 0) is 89.9 Å². The standard InChI is InChI=1S/C77H138O6/c1-4-7-10-13-15-17-19-21-23-25-27-29-31-33-35-36-37-38-39-40-42-43-45-47-49-51-53-55-57-59-61-64-67-70-76(79)82-73-74(72-81-75(78)69-66-63-12-9-6-3)83-77(80)71-68-65-62-60-58-56-54-52-50-48-46-44-41-34-32-30-28-26-24-22-20-18-16-14-11-8-5-2/h7,10,15,17,21,23,26-29,33,35,74H,4-6,8-9,11-14,16,18-20,22,24-25,30-32,34,36-73H2,1-3H3/b10-7-,17-15-,23-21-,28-26-,29-27-,35-33-. The summed E-state index contributed by atoms with van der Waals surface area (Å²) in [5.41, 5.74) is 0. The van der Waals surface area contributed by atoms with Crippen LogP contribution in [0.1, 0.15) is 380 Å². The average Bonchev–Trinajstić information content (AvgIpc) is 3.49. The maximum Gasteiger partial charge on any atom is 0.306 e. The molecule has 0 amide bonds. The van der Waals surface area contributed by atoms with E-state index in [0.717, 1.165) is 96.3 Å². The first-order valence-electron chi connectivity index (χ1n) is 36.4. The molecule has 0 N–H and O–H groups in total. The number of carbonyl (C=O) groups excluding carboxylic acids is 3. The van der Waals surface area contributed by atoms with Crippen LogP contribution in [0.5, 0.6) is 0 Å². The fourth-order valence-electron chi connectivity index (χ4n) is 10.8. The van der Waals surface area contributed by atoms with Crippen LogP contribution < -0.4 is 0 Å². The maximum atomic E-state index is 12.9. The van der Waals surface area contributed by atoms with E-state index in [-0.39, 0.29) is 31.1 Å². The normalized spacial score (nSPS) is 12.5. The second kappa shape index (κ2) is 71.3. The molecular formula is C77H138O6. The van der Waals surface area contributed by atoms with E-state index in [2.05, 4.69) is 93.7 Å². The van der Waals surface area contributed by atoms with Crippen LogP contribution in [-0.4, -0.2) is 37.2 Å². The molecule has 0 aliphatic carbocycles. The van der Waals surface area contributed by atoms with Gasteiger partial charge in [-0.15, -0.1) is 0 Å². The molecule has 0 saturated carbocycles. The van der Waals surface area contributed by atoms with Gasteiger partial charge in [-0.25, -0.2) is 0 Å². The maximum absolute atomic E-state index is 12.9. The molecule has 6 nitrogen and oxygen atoms in total. The first-order chi connectivity index (χ1) is 41.0. The fourth-order valence-corrected chi connectivity index (χ4v) is 10.8. The molecule has 0 heterocycles. The molecular weight excluding hydrogens is 1020 g/mol. The molecule has 0 aliphatic heterocycles. The summed E-state index contributed by atoms with van der Waals surface area (Å²) in [6.45, 7) is 6.50. The number of hydrogen-bond acceptors (Lipinski definition) is 6. The Kier molecular flexibility index (Phi) is 68.6. The highest BCUT2D eigenvalue weighted by Crippen LogP contribution is 2.18. The summed E-state index contributed by atoms with van der Waals surface area (Å²) in [5, 5.41) is 0. The van der Waals surface area contributed by atoms with Crippen molar-refractivity contribution in [3.05, 3.63) is 72.9 Å². The Morgan fingerprint density at radius 3 is 0.747 bits per heavy atom. The highest BCUT2D eigenvalue weighted by atomic mass is 16.6. The minimum atomic E-state index is -0.769. The van der Waals surface area contributed by atoms with Crippen molar-refractivity contribution in [2.45, 2.75) is 386 Å². The van der Waals surface area contributed by atoms with Crippen molar-refractivity contribution in [2.24, 2.45) is 0 Å². The topological polar surface area (TPSA) is 78.9 Å². The largest absolute Gasteiger partial charge is 0.462 e. The van der Waals surface area contributed by atoms with Gasteiger partial charge in [-0.1, -0.05) is 344 Å². The van der Waals surface area contributed by atoms with Crippen molar-refractivity contribution < 1.29 is 28.6 Å². The Morgan fingerprint density at radius 2 is 0.470 bits per heavy atom. The van der Waals surface area contributed by atoms with Crippen molar-refractivity contribution in [1.82, 2.24) is 0 Å². The molecule has 0 spiro atoms. The Morgan fingerprint density at radius 1 is 0.253 bits per heavy atom. The van der Waals surface area contributed by atoms with Crippen LogP contribution in [0.15, 0.2) is 72.9 Å². The van der Waals surface area contributed by atoms with Gasteiger partial charge in [0.1, 0.15) is 13.2 Å². The fraction of sp³-hybridized carbons (Fsp3) is 0.805. The van der Waals surface area contributed by atoms with Gasteiger partial charge in [0.05, 0.1) is 0 Å². The molecule has 0 aromatic rings. The van der Waals surface area contributed by atoms with Crippen LogP contribution >= 0.6 is 0 Å². The van der Waals surface area contributed by atoms with Crippen molar-refractivity contribution in [3.8, 4) is 0 Å². The van der Waals surface area contributed by atoms with Crippen LogP contribution in [0.25, 0.3) is 0 Å². The number of unbranched alkanes of at least 4 members (excludes halogenated alkanes) is 44. The van der Waals surface area contributed by atoms with Gasteiger partial charge in [-0.2, -0.15) is 0 Å². The molecule has 0 aromatic carbocycles. The summed E-state index contributed by atoms with van der Waals surface area (Å²) >= 11 is 0. The molecule has 0 radical (unpaired) electrons. The molecule has 0 bridgehead atoms. The summed E-state index contributed by atoms with van der Waals surface area (Å²) < 4.78 is 16.8. The minimum absolute atomic E-state index is 0.0701. The lowest BCUT2D eigenvalue weighted by Crippen LogP contribution is -2.30. The zero-order valence-corrected chi connectivity index (χ0v) is 55.5. The molecule has 0 aliphatic rings. The SMILES string of the molecule is CC/C=C\C/C=C\C/C=C\C/C=C\C/C=C\CCCCCCCCCCCCCCCCCCCC(=O)OCC(COC(=O)CCCCCCC)OC(=O)CCCCCCCCCCCCCCCCC/C=C\CCCCCCCCCC. The Bertz CT molecular complexity index is 1520. The van der Waals surface area contributed by atoms with Gasteiger partial charge in [0, 0.05) is 19.3 Å². The van der Waals surface area contributed by atoms with Crippen molar-refractivity contribution >= 4 is 17.9 Å². The van der Waals surface area contributed by atoms with E-state index >= 15 is 0 Å². The molecule has 0 rings (SSSR count). The minimum Gasteiger partial charge on any atom is -0.462 e. The summed E-state index contributed by atoms with van der Waals surface area (Å²) in [6.07, 6.45) is 94.3. The molecule has 0 saturated heterocycles. The second-order valence-electron chi connectivity index (χ2n) is 24.5. The van der Waals surface area contributed by atoms with Crippen molar-refractivity contribution in [2.75, 3.05) is 13.2 Å². The molecule has 0 fully saturated rings. The van der Waals surface area contributed by atoms with E-state index in [4.69, 9.17) is 14.2 Å². The monoisotopic (exact) mass is 1160 g/mol. The Labute approximate surface area is 516 Å². The predicted octanol–water partition coefficient (Wildman–Crippen LogP) is 25.2. The van der Waals surface area contributed by atoms with Crippen LogP contribution in [0.2, 0.25) is 0 Å². The molecule has 482 valence electrons. The Balaban J connectivity index is 3.92. The number of hydrogen-bond donors (Lipinski definition) is 0. The second-order valence-corrected chi connectivity index (χ2v) is 24.5. The van der Waals surface area contributed by atoms with Crippen LogP contribution in [0, 0.1) is 0 Å². The van der Waals surface area contributed by atoms with Crippen molar-refractivity contribution in [1.29, 1.82) is 0 Å². The third kappa shape index (κ3) is 69.5. The van der Waals surface area contributed by atoms with Gasteiger partial charge in [-0.3, -0.25) is 14.4 Å². The van der Waals surface area contributed by atoms with Crippen LogP contribution in [-0.2, 0) is 28.6 Å². The van der Waals surface area contributed by atoms with Gasteiger partial charge in [0.2, 0.25) is 0 Å². The highest BCUT2D eigenvalue weighted by molar-refractivity contribution is 5.71. The number of esters is 3. The molecule has 1 atom stereocenters. The number of ether oxygens (including phenoxy) is 3. The lowest BCUT2D eigenvalue weighted by atomic mass is 10.0. The van der Waals surface area contributed by atoms with Crippen LogP contribution in [0.4, 0.5) is 0 Å². The average molecular weight is 1160 g/mol. The summed E-state index contributed by atoms with van der Waals surface area (Å²) in [5.74, 6) is -0.862. The summed E-state index contributed by atoms with van der Waals surface area (Å²) in [4.78, 5) is 38.1. The van der Waals surface area contributed by atoms with Crippen molar-refractivity contribution in [3.63, 3.8) is 0 Å². The Hall–Kier alpha value is -3.15. The predicted molar refractivity (Wildman–Crippen MR) is 362 cm³/mol. The van der Waals surface area contributed by atoms with E-state index in [1.165, 1.54) is 244 Å². The van der Waals surface area contributed by atoms with Gasteiger partial charge < -0.3 is 14.2 Å². The quantitative estimate of drug-likeness (QED) is 0.0261. The summed E-state index contributed by atoms with van der Waals surface area (Å²) in [7, 11) is 0. The molecule has 83 heavy (non-hydrogen) atoms. The first-order valence-corrected chi connectivity index (χ1v) is 36.4. The van der Waals surface area contributed by atoms with E-state index < -0.39 is 6.10 Å². The van der Waals surface area contributed by atoms with Gasteiger partial charge in [0.25, 0.3) is 0 Å². The van der Waals surface area contributed by atoms with E-state index in [9.17, 15) is 14.4 Å². The third-order valence-corrected chi connectivity index (χ3v) is 16.2. The number of carbonyl (C=O) groups is 3. The van der Waals surface area contributed by atoms with Gasteiger partial charge >= 0.3 is 17.9 Å². The van der Waals surface area contributed by atoms with E-state index in [1.807, 2.05) is 0 Å². The highest BCUT2D eigenvalue weighted by Gasteiger charge is 2.19. The van der Waals surface area contributed by atoms with Crippen LogP contribution in [0.3, 0.4) is 0 Å². The third-order valence-electron chi connectivity index (χ3n) is 16.2.